The van der Waals surface area contributed by atoms with Crippen LogP contribution in [0.1, 0.15) is 26.2 Å². The molecule has 24 heavy (non-hydrogen) atoms. The van der Waals surface area contributed by atoms with E-state index in [9.17, 15) is 4.79 Å². The molecule has 2 saturated heterocycles. The van der Waals surface area contributed by atoms with Crippen LogP contribution in [0.2, 0.25) is 10.0 Å². The number of nitrogens with zero attached hydrogens (tertiary/aromatic N) is 1. The molecule has 2 aliphatic heterocycles. The molecule has 2 atom stereocenters. The predicted molar refractivity (Wildman–Crippen MR) is 94.8 cm³/mol. The van der Waals surface area contributed by atoms with Gasteiger partial charge in [0.25, 0.3) is 5.91 Å². The third-order valence-electron chi connectivity index (χ3n) is 4.97. The van der Waals surface area contributed by atoms with Gasteiger partial charge in [0.15, 0.2) is 6.10 Å². The first kappa shape index (κ1) is 17.8. The van der Waals surface area contributed by atoms with E-state index in [0.717, 1.165) is 45.6 Å². The summed E-state index contributed by atoms with van der Waals surface area (Å²) < 4.78 is 11.2. The number of rotatable bonds is 4. The quantitative estimate of drug-likeness (QED) is 0.801. The Morgan fingerprint density at radius 1 is 1.17 bits per heavy atom. The Morgan fingerprint density at radius 3 is 2.50 bits per heavy atom. The summed E-state index contributed by atoms with van der Waals surface area (Å²) in [5, 5.41) is 0.996. The molecule has 0 saturated carbocycles. The smallest absolute Gasteiger partial charge is 0.263 e. The Morgan fingerprint density at radius 2 is 1.83 bits per heavy atom. The molecule has 4 nitrogen and oxygen atoms in total. The molecular formula is C18H23Cl2NO3. The molecular weight excluding hydrogens is 349 g/mol. The summed E-state index contributed by atoms with van der Waals surface area (Å²) in [5.74, 6) is 1.82. The lowest BCUT2D eigenvalue weighted by Crippen LogP contribution is -2.39. The minimum Gasteiger partial charge on any atom is -0.481 e. The van der Waals surface area contributed by atoms with Crippen LogP contribution in [-0.2, 0) is 9.53 Å². The number of likely N-dealkylation sites (tertiary alicyclic amines) is 1. The van der Waals surface area contributed by atoms with Gasteiger partial charge in [-0.3, -0.25) is 4.79 Å². The third kappa shape index (κ3) is 4.35. The molecule has 1 amide bonds. The van der Waals surface area contributed by atoms with Crippen LogP contribution < -0.4 is 4.74 Å². The number of amides is 1. The highest BCUT2D eigenvalue weighted by molar-refractivity contribution is 6.34. The monoisotopic (exact) mass is 371 g/mol. The Hall–Kier alpha value is -0.970. The maximum Gasteiger partial charge on any atom is 0.263 e. The van der Waals surface area contributed by atoms with Gasteiger partial charge in [-0.1, -0.05) is 23.2 Å². The molecule has 0 N–H and O–H groups in total. The molecule has 2 aliphatic rings. The van der Waals surface area contributed by atoms with Crippen LogP contribution >= 0.6 is 23.2 Å². The SMILES string of the molecule is CC(Oc1cc(Cl)cc(Cl)c1)C(=O)N1CCC(C2CCOCC2)C1. The van der Waals surface area contributed by atoms with Crippen LogP contribution in [0.5, 0.6) is 5.75 Å². The molecule has 0 aliphatic carbocycles. The maximum absolute atomic E-state index is 12.7. The van der Waals surface area contributed by atoms with Crippen molar-refractivity contribution >= 4 is 29.1 Å². The van der Waals surface area contributed by atoms with Gasteiger partial charge in [0.1, 0.15) is 5.75 Å². The number of benzene rings is 1. The maximum atomic E-state index is 12.7. The van der Waals surface area contributed by atoms with E-state index in [1.807, 2.05) is 4.90 Å². The van der Waals surface area contributed by atoms with Gasteiger partial charge in [-0.2, -0.15) is 0 Å². The van der Waals surface area contributed by atoms with E-state index < -0.39 is 6.10 Å². The van der Waals surface area contributed by atoms with E-state index in [-0.39, 0.29) is 5.91 Å². The normalized spacial score (nSPS) is 23.3. The standard InChI is InChI=1S/C18H23Cl2NO3/c1-12(24-17-9-15(19)8-16(20)10-17)18(22)21-5-2-14(11-21)13-3-6-23-7-4-13/h8-10,12-14H,2-7,11H2,1H3. The molecule has 0 spiro atoms. The summed E-state index contributed by atoms with van der Waals surface area (Å²) in [6.07, 6.45) is 2.75. The van der Waals surface area contributed by atoms with Crippen molar-refractivity contribution in [2.75, 3.05) is 26.3 Å². The van der Waals surface area contributed by atoms with Crippen LogP contribution in [0, 0.1) is 11.8 Å². The Kier molecular flexibility index (Phi) is 5.90. The van der Waals surface area contributed by atoms with Crippen molar-refractivity contribution in [2.45, 2.75) is 32.3 Å². The molecule has 2 unspecified atom stereocenters. The first-order valence-electron chi connectivity index (χ1n) is 8.52. The lowest BCUT2D eigenvalue weighted by atomic mass is 9.85. The van der Waals surface area contributed by atoms with Gasteiger partial charge in [-0.15, -0.1) is 0 Å². The van der Waals surface area contributed by atoms with Gasteiger partial charge in [-0.25, -0.2) is 0 Å². The number of hydrogen-bond donors (Lipinski definition) is 0. The van der Waals surface area contributed by atoms with Crippen LogP contribution in [-0.4, -0.2) is 43.2 Å². The molecule has 0 bridgehead atoms. The van der Waals surface area contributed by atoms with Crippen molar-refractivity contribution in [1.82, 2.24) is 4.90 Å². The van der Waals surface area contributed by atoms with Crippen LogP contribution in [0.25, 0.3) is 0 Å². The predicted octanol–water partition coefficient (Wildman–Crippen LogP) is 4.04. The van der Waals surface area contributed by atoms with Gasteiger partial charge in [0, 0.05) is 36.3 Å². The van der Waals surface area contributed by atoms with Crippen LogP contribution in [0.3, 0.4) is 0 Å². The average Bonchev–Trinajstić information content (AvgIpc) is 3.04. The summed E-state index contributed by atoms with van der Waals surface area (Å²) >= 11 is 12.0. The number of ether oxygens (including phenoxy) is 2. The fourth-order valence-electron chi connectivity index (χ4n) is 3.67. The average molecular weight is 372 g/mol. The molecule has 0 radical (unpaired) electrons. The van der Waals surface area contributed by atoms with Crippen LogP contribution in [0.15, 0.2) is 18.2 Å². The van der Waals surface area contributed by atoms with Crippen molar-refractivity contribution in [3.05, 3.63) is 28.2 Å². The zero-order chi connectivity index (χ0) is 17.1. The topological polar surface area (TPSA) is 38.8 Å². The fraction of sp³-hybridized carbons (Fsp3) is 0.611. The Bertz CT molecular complexity index is 569. The van der Waals surface area contributed by atoms with Crippen molar-refractivity contribution < 1.29 is 14.3 Å². The molecule has 2 fully saturated rings. The van der Waals surface area contributed by atoms with Crippen molar-refractivity contribution in [3.63, 3.8) is 0 Å². The second kappa shape index (κ2) is 7.94. The largest absolute Gasteiger partial charge is 0.481 e. The summed E-state index contributed by atoms with van der Waals surface area (Å²) in [6.45, 7) is 5.12. The van der Waals surface area contributed by atoms with Crippen molar-refractivity contribution in [3.8, 4) is 5.75 Å². The first-order chi connectivity index (χ1) is 11.5. The fourth-order valence-corrected chi connectivity index (χ4v) is 4.17. The summed E-state index contributed by atoms with van der Waals surface area (Å²) in [4.78, 5) is 14.6. The lowest BCUT2D eigenvalue weighted by Gasteiger charge is -2.28. The first-order valence-corrected chi connectivity index (χ1v) is 9.28. The zero-order valence-electron chi connectivity index (χ0n) is 13.8. The molecule has 1 aromatic rings. The van der Waals surface area contributed by atoms with E-state index in [4.69, 9.17) is 32.7 Å². The van der Waals surface area contributed by atoms with Gasteiger partial charge < -0.3 is 14.4 Å². The second-order valence-corrected chi connectivity index (χ2v) is 7.52. The van der Waals surface area contributed by atoms with Crippen molar-refractivity contribution in [1.29, 1.82) is 0 Å². The number of carbonyl (C=O) groups is 1. The summed E-state index contributed by atoms with van der Waals surface area (Å²) in [5.41, 5.74) is 0. The Balaban J connectivity index is 1.55. The van der Waals surface area contributed by atoms with Crippen LogP contribution in [0.4, 0.5) is 0 Å². The van der Waals surface area contributed by atoms with Crippen molar-refractivity contribution in [2.24, 2.45) is 11.8 Å². The molecule has 132 valence electrons. The number of carbonyl (C=O) groups excluding carboxylic acids is 1. The highest BCUT2D eigenvalue weighted by atomic mass is 35.5. The molecule has 2 heterocycles. The summed E-state index contributed by atoms with van der Waals surface area (Å²) in [7, 11) is 0. The van der Waals surface area contributed by atoms with E-state index >= 15 is 0 Å². The summed E-state index contributed by atoms with van der Waals surface area (Å²) in [6, 6.07) is 4.99. The van der Waals surface area contributed by atoms with Gasteiger partial charge in [0.2, 0.25) is 0 Å². The molecule has 6 heteroatoms. The number of halogens is 2. The minimum absolute atomic E-state index is 0.0284. The zero-order valence-corrected chi connectivity index (χ0v) is 15.4. The number of hydrogen-bond acceptors (Lipinski definition) is 3. The van der Waals surface area contributed by atoms with E-state index in [1.54, 1.807) is 25.1 Å². The van der Waals surface area contributed by atoms with E-state index in [2.05, 4.69) is 0 Å². The third-order valence-corrected chi connectivity index (χ3v) is 5.40. The van der Waals surface area contributed by atoms with Gasteiger partial charge >= 0.3 is 0 Å². The minimum atomic E-state index is -0.548. The lowest BCUT2D eigenvalue weighted by molar-refractivity contribution is -0.137. The second-order valence-electron chi connectivity index (χ2n) is 6.65. The van der Waals surface area contributed by atoms with Gasteiger partial charge in [-0.05, 0) is 56.2 Å². The van der Waals surface area contributed by atoms with E-state index in [1.165, 1.54) is 0 Å². The van der Waals surface area contributed by atoms with Gasteiger partial charge in [0.05, 0.1) is 0 Å². The highest BCUT2D eigenvalue weighted by Crippen LogP contribution is 2.32. The molecule has 1 aromatic carbocycles. The molecule has 0 aromatic heterocycles. The molecule has 3 rings (SSSR count). The van der Waals surface area contributed by atoms with E-state index in [0.29, 0.717) is 27.6 Å². The Labute approximate surface area is 153 Å². The highest BCUT2D eigenvalue weighted by Gasteiger charge is 2.34.